The second kappa shape index (κ2) is 6.29. The number of anilines is 2. The van der Waals surface area contributed by atoms with Crippen molar-refractivity contribution in [1.82, 2.24) is 0 Å². The third-order valence-corrected chi connectivity index (χ3v) is 4.34. The highest BCUT2D eigenvalue weighted by Gasteiger charge is 2.31. The lowest BCUT2D eigenvalue weighted by atomic mass is 9.82. The van der Waals surface area contributed by atoms with Crippen molar-refractivity contribution in [3.63, 3.8) is 0 Å². The smallest absolute Gasteiger partial charge is 0.196 e. The number of ketones is 2. The van der Waals surface area contributed by atoms with Crippen molar-refractivity contribution in [1.29, 1.82) is 0 Å². The number of nitrogens with one attached hydrogen (secondary N) is 1. The first kappa shape index (κ1) is 15.8. The first-order valence-corrected chi connectivity index (χ1v) is 8.12. The summed E-state index contributed by atoms with van der Waals surface area (Å²) >= 11 is 0. The van der Waals surface area contributed by atoms with Crippen LogP contribution < -0.4 is 11.2 Å². The lowest BCUT2D eigenvalue weighted by molar-refractivity contribution is 0.0979. The molecule has 26 heavy (non-hydrogen) atoms. The van der Waals surface area contributed by atoms with Gasteiger partial charge in [-0.3, -0.25) is 15.0 Å². The van der Waals surface area contributed by atoms with Crippen LogP contribution >= 0.6 is 0 Å². The summed E-state index contributed by atoms with van der Waals surface area (Å²) in [5.74, 6) is -0.424. The zero-order chi connectivity index (χ0) is 18.1. The number of hydrazone groups is 1. The van der Waals surface area contributed by atoms with E-state index < -0.39 is 0 Å². The van der Waals surface area contributed by atoms with Crippen molar-refractivity contribution in [2.45, 2.75) is 0 Å². The van der Waals surface area contributed by atoms with Gasteiger partial charge >= 0.3 is 0 Å². The number of fused-ring (bicyclic) bond motifs is 2. The van der Waals surface area contributed by atoms with Crippen LogP contribution in [0.3, 0.4) is 0 Å². The van der Waals surface area contributed by atoms with Crippen molar-refractivity contribution >= 4 is 29.2 Å². The third kappa shape index (κ3) is 2.56. The summed E-state index contributed by atoms with van der Waals surface area (Å²) in [6.07, 6.45) is 1.54. The predicted octanol–water partition coefficient (Wildman–Crippen LogP) is 3.49. The van der Waals surface area contributed by atoms with Crippen LogP contribution in [0, 0.1) is 0 Å². The van der Waals surface area contributed by atoms with Crippen LogP contribution in [0.2, 0.25) is 0 Å². The van der Waals surface area contributed by atoms with Crippen molar-refractivity contribution < 1.29 is 9.59 Å². The first-order valence-electron chi connectivity index (χ1n) is 8.12. The van der Waals surface area contributed by atoms with Gasteiger partial charge in [-0.05, 0) is 18.2 Å². The van der Waals surface area contributed by atoms with Crippen LogP contribution in [0.1, 0.15) is 37.4 Å². The average molecular weight is 341 g/mol. The molecule has 0 saturated heterocycles. The monoisotopic (exact) mass is 341 g/mol. The minimum Gasteiger partial charge on any atom is -0.398 e. The van der Waals surface area contributed by atoms with Crippen molar-refractivity contribution in [2.75, 3.05) is 11.2 Å². The fourth-order valence-corrected chi connectivity index (χ4v) is 3.03. The molecule has 0 aromatic heterocycles. The van der Waals surface area contributed by atoms with Gasteiger partial charge in [0, 0.05) is 22.3 Å². The minimum atomic E-state index is -0.237. The number of nitrogen functional groups attached to an aromatic ring is 1. The summed E-state index contributed by atoms with van der Waals surface area (Å²) in [5, 5.41) is 4.16. The fourth-order valence-electron chi connectivity index (χ4n) is 3.03. The zero-order valence-corrected chi connectivity index (χ0v) is 13.8. The molecule has 3 N–H and O–H groups in total. The highest BCUT2D eigenvalue weighted by molar-refractivity contribution is 6.30. The molecule has 0 aliphatic heterocycles. The Morgan fingerprint density at radius 1 is 0.769 bits per heavy atom. The Bertz CT molecular complexity index is 1060. The molecule has 1 aliphatic rings. The molecule has 0 atom stereocenters. The summed E-state index contributed by atoms with van der Waals surface area (Å²) in [6.45, 7) is 0. The summed E-state index contributed by atoms with van der Waals surface area (Å²) in [5.41, 5.74) is 12.1. The maximum atomic E-state index is 12.8. The van der Waals surface area contributed by atoms with Gasteiger partial charge in [-0.15, -0.1) is 0 Å². The van der Waals surface area contributed by atoms with Gasteiger partial charge in [0.2, 0.25) is 0 Å². The standard InChI is InChI=1S/C21H15N3O2/c22-19-13(12-23-24-14-6-2-1-3-7-14)10-11-17-18(19)21(26)16-9-5-4-8-15(16)20(17)25/h1-12,24H,22H2/b23-12+. The summed E-state index contributed by atoms with van der Waals surface area (Å²) in [6, 6.07) is 19.6. The molecule has 0 radical (unpaired) electrons. The molecular weight excluding hydrogens is 326 g/mol. The van der Waals surface area contributed by atoms with Crippen molar-refractivity contribution in [3.05, 3.63) is 94.5 Å². The van der Waals surface area contributed by atoms with E-state index in [0.29, 0.717) is 22.3 Å². The van der Waals surface area contributed by atoms with Crippen LogP contribution in [0.25, 0.3) is 0 Å². The highest BCUT2D eigenvalue weighted by Crippen LogP contribution is 2.32. The molecule has 0 bridgehead atoms. The lowest BCUT2D eigenvalue weighted by Crippen LogP contribution is -2.23. The topological polar surface area (TPSA) is 84.5 Å². The van der Waals surface area contributed by atoms with E-state index in [0.717, 1.165) is 5.69 Å². The Morgan fingerprint density at radius 3 is 2.15 bits per heavy atom. The number of carbonyl (C=O) groups is 2. The van der Waals surface area contributed by atoms with E-state index in [1.165, 1.54) is 0 Å². The predicted molar refractivity (Wildman–Crippen MR) is 102 cm³/mol. The molecule has 0 saturated carbocycles. The second-order valence-electron chi connectivity index (χ2n) is 5.93. The maximum Gasteiger partial charge on any atom is 0.196 e. The molecule has 1 aliphatic carbocycles. The van der Waals surface area contributed by atoms with Gasteiger partial charge in [-0.25, -0.2) is 0 Å². The third-order valence-electron chi connectivity index (χ3n) is 4.34. The minimum absolute atomic E-state index is 0.187. The lowest BCUT2D eigenvalue weighted by Gasteiger charge is -2.19. The molecule has 126 valence electrons. The van der Waals surface area contributed by atoms with E-state index in [-0.39, 0.29) is 22.8 Å². The number of nitrogens with zero attached hydrogens (tertiary/aromatic N) is 1. The van der Waals surface area contributed by atoms with E-state index >= 15 is 0 Å². The van der Waals surface area contributed by atoms with Crippen LogP contribution in [0.15, 0.2) is 71.8 Å². The second-order valence-corrected chi connectivity index (χ2v) is 5.93. The Hall–Kier alpha value is -3.73. The quantitative estimate of drug-likeness (QED) is 0.339. The molecule has 0 fully saturated rings. The number of nitrogens with two attached hydrogens (primary N) is 1. The molecule has 5 heteroatoms. The molecule has 0 unspecified atom stereocenters. The van der Waals surface area contributed by atoms with Crippen LogP contribution in [-0.2, 0) is 0 Å². The van der Waals surface area contributed by atoms with Gasteiger partial charge in [0.25, 0.3) is 0 Å². The first-order chi connectivity index (χ1) is 12.7. The molecule has 4 rings (SSSR count). The summed E-state index contributed by atoms with van der Waals surface area (Å²) < 4.78 is 0. The molecule has 0 amide bonds. The highest BCUT2D eigenvalue weighted by atomic mass is 16.1. The molecule has 3 aromatic rings. The van der Waals surface area contributed by atoms with E-state index in [2.05, 4.69) is 10.5 Å². The normalized spacial score (nSPS) is 12.8. The Labute approximate surface area is 150 Å². The van der Waals surface area contributed by atoms with Gasteiger partial charge in [0.05, 0.1) is 23.2 Å². The fraction of sp³-hybridized carbons (Fsp3) is 0. The van der Waals surface area contributed by atoms with E-state index in [1.807, 2.05) is 30.3 Å². The van der Waals surface area contributed by atoms with Crippen molar-refractivity contribution in [2.24, 2.45) is 5.10 Å². The van der Waals surface area contributed by atoms with Crippen LogP contribution in [-0.4, -0.2) is 17.8 Å². The van der Waals surface area contributed by atoms with Gasteiger partial charge in [-0.1, -0.05) is 48.5 Å². The van der Waals surface area contributed by atoms with E-state index in [1.54, 1.807) is 42.6 Å². The number of hydrogen-bond acceptors (Lipinski definition) is 5. The Kier molecular flexibility index (Phi) is 3.82. The number of para-hydroxylation sites is 1. The largest absolute Gasteiger partial charge is 0.398 e. The van der Waals surface area contributed by atoms with Crippen molar-refractivity contribution in [3.8, 4) is 0 Å². The zero-order valence-electron chi connectivity index (χ0n) is 13.8. The van der Waals surface area contributed by atoms with Gasteiger partial charge in [0.15, 0.2) is 11.6 Å². The number of carbonyl (C=O) groups excluding carboxylic acids is 2. The van der Waals surface area contributed by atoms with Gasteiger partial charge in [-0.2, -0.15) is 5.10 Å². The van der Waals surface area contributed by atoms with Gasteiger partial charge in [0.1, 0.15) is 0 Å². The molecule has 5 nitrogen and oxygen atoms in total. The molecule has 0 heterocycles. The Morgan fingerprint density at radius 2 is 1.42 bits per heavy atom. The van der Waals surface area contributed by atoms with Crippen LogP contribution in [0.4, 0.5) is 11.4 Å². The number of benzene rings is 3. The van der Waals surface area contributed by atoms with E-state index in [9.17, 15) is 9.59 Å². The Balaban J connectivity index is 1.71. The van der Waals surface area contributed by atoms with Crippen LogP contribution in [0.5, 0.6) is 0 Å². The maximum absolute atomic E-state index is 12.8. The number of hydrogen-bond donors (Lipinski definition) is 2. The summed E-state index contributed by atoms with van der Waals surface area (Å²) in [4.78, 5) is 25.5. The molecular formula is C21H15N3O2. The van der Waals surface area contributed by atoms with E-state index in [4.69, 9.17) is 5.73 Å². The van der Waals surface area contributed by atoms with Gasteiger partial charge < -0.3 is 5.73 Å². The average Bonchev–Trinajstić information content (AvgIpc) is 2.68. The number of rotatable bonds is 3. The molecule has 0 spiro atoms. The molecule has 3 aromatic carbocycles. The summed E-state index contributed by atoms with van der Waals surface area (Å²) in [7, 11) is 0. The SMILES string of the molecule is Nc1c(/C=N/Nc2ccccc2)ccc2c1C(=O)c1ccccc1C2=O.